The van der Waals surface area contributed by atoms with E-state index in [-0.39, 0.29) is 10.5 Å². The highest BCUT2D eigenvalue weighted by Crippen LogP contribution is 2.33. The fourth-order valence-corrected chi connectivity index (χ4v) is 2.75. The highest BCUT2D eigenvalue weighted by molar-refractivity contribution is 7.07. The van der Waals surface area contributed by atoms with E-state index < -0.39 is 0 Å². The molecule has 0 saturated heterocycles. The monoisotopic (exact) mass is 213 g/mol. The van der Waals surface area contributed by atoms with Crippen molar-refractivity contribution in [1.29, 1.82) is 0 Å². The fraction of sp³-hybridized carbons (Fsp3) is 0.700. The summed E-state index contributed by atoms with van der Waals surface area (Å²) in [5.74, 6) is 0. The third kappa shape index (κ3) is 1.77. The van der Waals surface area contributed by atoms with Crippen LogP contribution in [0, 0.1) is 0 Å². The Labute approximate surface area is 87.3 Å². The Hall–Kier alpha value is -0.610. The first-order chi connectivity index (χ1) is 6.76. The van der Waals surface area contributed by atoms with Crippen molar-refractivity contribution >= 4 is 11.3 Å². The van der Waals surface area contributed by atoms with Gasteiger partial charge in [0.25, 0.3) is 0 Å². The molecular formula is C10H15NO2S. The Bertz CT molecular complexity index is 349. The second-order valence-electron chi connectivity index (χ2n) is 3.89. The molecule has 0 radical (unpaired) electrons. The van der Waals surface area contributed by atoms with Crippen LogP contribution in [-0.4, -0.2) is 17.3 Å². The zero-order chi connectivity index (χ0) is 10.0. The second kappa shape index (κ2) is 3.87. The largest absolute Gasteiger partial charge is 0.376 e. The summed E-state index contributed by atoms with van der Waals surface area (Å²) in [5.41, 5.74) is -0.0785. The molecule has 1 saturated carbocycles. The number of hydrogen-bond acceptors (Lipinski definition) is 3. The summed E-state index contributed by atoms with van der Waals surface area (Å²) in [6.07, 6.45) is 6.43. The zero-order valence-corrected chi connectivity index (χ0v) is 9.18. The summed E-state index contributed by atoms with van der Waals surface area (Å²) in [5, 5.41) is 1.83. The first-order valence-corrected chi connectivity index (χ1v) is 5.83. The maximum atomic E-state index is 11.4. The summed E-state index contributed by atoms with van der Waals surface area (Å²) in [6.45, 7) is 0.714. The number of aromatic nitrogens is 1. The van der Waals surface area contributed by atoms with Crippen molar-refractivity contribution in [2.75, 3.05) is 7.11 Å². The van der Waals surface area contributed by atoms with E-state index in [0.717, 1.165) is 12.8 Å². The van der Waals surface area contributed by atoms with Crippen molar-refractivity contribution in [2.24, 2.45) is 0 Å². The number of nitrogens with zero attached hydrogens (tertiary/aromatic N) is 1. The Morgan fingerprint density at radius 2 is 2.29 bits per heavy atom. The van der Waals surface area contributed by atoms with Crippen LogP contribution >= 0.6 is 11.3 Å². The number of ether oxygens (including phenoxy) is 1. The number of rotatable bonds is 3. The van der Waals surface area contributed by atoms with Gasteiger partial charge in [-0.2, -0.15) is 0 Å². The van der Waals surface area contributed by atoms with E-state index >= 15 is 0 Å². The Morgan fingerprint density at radius 1 is 1.57 bits per heavy atom. The van der Waals surface area contributed by atoms with E-state index in [1.165, 1.54) is 24.2 Å². The minimum Gasteiger partial charge on any atom is -0.376 e. The molecule has 0 spiro atoms. The van der Waals surface area contributed by atoms with Crippen LogP contribution in [0.4, 0.5) is 0 Å². The van der Waals surface area contributed by atoms with Gasteiger partial charge in [0.15, 0.2) is 0 Å². The highest BCUT2D eigenvalue weighted by atomic mass is 32.1. The van der Waals surface area contributed by atoms with Gasteiger partial charge in [-0.05, 0) is 12.8 Å². The molecule has 0 unspecified atom stereocenters. The standard InChI is InChI=1S/C10H15NO2S/c1-13-10(4-2-3-5-10)8-11-6-7-14-9(11)12/h6-7H,2-5,8H2,1H3. The molecule has 1 aromatic rings. The van der Waals surface area contributed by atoms with Crippen LogP contribution in [0.3, 0.4) is 0 Å². The lowest BCUT2D eigenvalue weighted by Gasteiger charge is -2.27. The van der Waals surface area contributed by atoms with E-state index in [2.05, 4.69) is 0 Å². The molecular weight excluding hydrogens is 198 g/mol. The van der Waals surface area contributed by atoms with E-state index in [1.807, 2.05) is 11.6 Å². The van der Waals surface area contributed by atoms with Crippen LogP contribution in [0.25, 0.3) is 0 Å². The fourth-order valence-electron chi connectivity index (χ4n) is 2.16. The lowest BCUT2D eigenvalue weighted by Crippen LogP contribution is -2.35. The number of methoxy groups -OCH3 is 1. The molecule has 0 N–H and O–H groups in total. The summed E-state index contributed by atoms with van der Waals surface area (Å²) in [6, 6.07) is 0. The molecule has 14 heavy (non-hydrogen) atoms. The molecule has 3 nitrogen and oxygen atoms in total. The molecule has 0 bridgehead atoms. The maximum absolute atomic E-state index is 11.4. The molecule has 1 aliphatic rings. The number of hydrogen-bond donors (Lipinski definition) is 0. The van der Waals surface area contributed by atoms with Crippen LogP contribution in [0.1, 0.15) is 25.7 Å². The van der Waals surface area contributed by atoms with E-state index in [1.54, 1.807) is 11.7 Å². The summed E-state index contributed by atoms with van der Waals surface area (Å²) < 4.78 is 7.34. The lowest BCUT2D eigenvalue weighted by molar-refractivity contribution is -0.0186. The molecule has 0 amide bonds. The van der Waals surface area contributed by atoms with Gasteiger partial charge >= 0.3 is 4.87 Å². The molecule has 2 rings (SSSR count). The Morgan fingerprint density at radius 3 is 2.79 bits per heavy atom. The van der Waals surface area contributed by atoms with Crippen molar-refractivity contribution in [2.45, 2.75) is 37.8 Å². The van der Waals surface area contributed by atoms with Gasteiger partial charge in [0.2, 0.25) is 0 Å². The summed E-state index contributed by atoms with van der Waals surface area (Å²) in [4.78, 5) is 11.5. The van der Waals surface area contributed by atoms with Crippen molar-refractivity contribution in [3.8, 4) is 0 Å². The Balaban J connectivity index is 2.16. The predicted octanol–water partition coefficient (Wildman–Crippen LogP) is 1.87. The normalized spacial score (nSPS) is 20.1. The first kappa shape index (κ1) is 9.93. The van der Waals surface area contributed by atoms with Gasteiger partial charge < -0.3 is 9.30 Å². The second-order valence-corrected chi connectivity index (χ2v) is 4.75. The van der Waals surface area contributed by atoms with Gasteiger partial charge in [0, 0.05) is 18.7 Å². The third-order valence-electron chi connectivity index (χ3n) is 3.05. The topological polar surface area (TPSA) is 31.2 Å². The average molecular weight is 213 g/mol. The first-order valence-electron chi connectivity index (χ1n) is 4.95. The van der Waals surface area contributed by atoms with Gasteiger partial charge in [-0.25, -0.2) is 0 Å². The van der Waals surface area contributed by atoms with Crippen LogP contribution in [0.5, 0.6) is 0 Å². The van der Waals surface area contributed by atoms with Gasteiger partial charge in [-0.1, -0.05) is 24.2 Å². The van der Waals surface area contributed by atoms with Gasteiger partial charge in [-0.3, -0.25) is 4.79 Å². The molecule has 0 aromatic carbocycles. The van der Waals surface area contributed by atoms with Crippen molar-refractivity contribution in [1.82, 2.24) is 4.57 Å². The third-order valence-corrected chi connectivity index (χ3v) is 3.74. The van der Waals surface area contributed by atoms with Crippen LogP contribution in [0.2, 0.25) is 0 Å². The van der Waals surface area contributed by atoms with Crippen LogP contribution in [0.15, 0.2) is 16.4 Å². The highest BCUT2D eigenvalue weighted by Gasteiger charge is 2.34. The van der Waals surface area contributed by atoms with Crippen molar-refractivity contribution < 1.29 is 4.74 Å². The van der Waals surface area contributed by atoms with Crippen molar-refractivity contribution in [3.05, 3.63) is 21.2 Å². The van der Waals surface area contributed by atoms with Gasteiger partial charge in [0.1, 0.15) is 0 Å². The Kier molecular flexibility index (Phi) is 2.74. The lowest BCUT2D eigenvalue weighted by atomic mass is 10.0. The number of thiazole rings is 1. The smallest absolute Gasteiger partial charge is 0.307 e. The minimum absolute atomic E-state index is 0.0785. The van der Waals surface area contributed by atoms with E-state index in [4.69, 9.17) is 4.74 Å². The van der Waals surface area contributed by atoms with Gasteiger partial charge in [0.05, 0.1) is 12.1 Å². The van der Waals surface area contributed by atoms with Gasteiger partial charge in [-0.15, -0.1) is 0 Å². The summed E-state index contributed by atoms with van der Waals surface area (Å²) >= 11 is 1.25. The quantitative estimate of drug-likeness (QED) is 0.767. The zero-order valence-electron chi connectivity index (χ0n) is 8.36. The molecule has 1 aromatic heterocycles. The molecule has 78 valence electrons. The molecule has 1 heterocycles. The average Bonchev–Trinajstić information content (AvgIpc) is 2.79. The van der Waals surface area contributed by atoms with E-state index in [9.17, 15) is 4.79 Å². The molecule has 4 heteroatoms. The molecule has 1 fully saturated rings. The molecule has 1 aliphatic carbocycles. The maximum Gasteiger partial charge on any atom is 0.307 e. The molecule has 0 atom stereocenters. The minimum atomic E-state index is -0.0785. The summed E-state index contributed by atoms with van der Waals surface area (Å²) in [7, 11) is 1.75. The van der Waals surface area contributed by atoms with Crippen LogP contribution < -0.4 is 4.87 Å². The van der Waals surface area contributed by atoms with E-state index in [0.29, 0.717) is 6.54 Å². The van der Waals surface area contributed by atoms with Crippen molar-refractivity contribution in [3.63, 3.8) is 0 Å². The van der Waals surface area contributed by atoms with Crippen LogP contribution in [-0.2, 0) is 11.3 Å². The SMILES string of the molecule is COC1(Cn2ccsc2=O)CCCC1. The predicted molar refractivity (Wildman–Crippen MR) is 56.8 cm³/mol. The molecule has 0 aliphatic heterocycles.